The quantitative estimate of drug-likeness (QED) is 0.238. The molecule has 1 heterocycles. The topological polar surface area (TPSA) is 109 Å². The summed E-state index contributed by atoms with van der Waals surface area (Å²) in [4.78, 5) is 23.7. The summed E-state index contributed by atoms with van der Waals surface area (Å²) in [5, 5.41) is 18.4. The average molecular weight is 487 g/mol. The number of rotatable bonds is 8. The molecule has 3 aromatic carbocycles. The van der Waals surface area contributed by atoms with Gasteiger partial charge in [0.1, 0.15) is 17.2 Å². The molecular formula is C27H26N4O5. The maximum Gasteiger partial charge on any atom is 0.276 e. The number of anilines is 1. The van der Waals surface area contributed by atoms with Gasteiger partial charge in [-0.25, -0.2) is 4.68 Å². The molecule has 0 atom stereocenters. The lowest BCUT2D eigenvalue weighted by Gasteiger charge is -2.10. The Morgan fingerprint density at radius 2 is 1.67 bits per heavy atom. The summed E-state index contributed by atoms with van der Waals surface area (Å²) in [6.45, 7) is 7.97. The van der Waals surface area contributed by atoms with Crippen LogP contribution < -0.4 is 14.8 Å². The summed E-state index contributed by atoms with van der Waals surface area (Å²) < 4.78 is 13.2. The number of nitro groups is 1. The van der Waals surface area contributed by atoms with Gasteiger partial charge in [-0.05, 0) is 68.7 Å². The van der Waals surface area contributed by atoms with Crippen molar-refractivity contribution in [1.29, 1.82) is 0 Å². The lowest BCUT2D eigenvalue weighted by molar-refractivity contribution is -0.384. The number of nitrogens with one attached hydrogen (secondary N) is 1. The van der Waals surface area contributed by atoms with Crippen LogP contribution in [0.3, 0.4) is 0 Å². The van der Waals surface area contributed by atoms with Crippen LogP contribution in [0, 0.1) is 37.8 Å². The molecule has 184 valence electrons. The number of aromatic nitrogens is 2. The van der Waals surface area contributed by atoms with Crippen molar-refractivity contribution in [3.63, 3.8) is 0 Å². The number of carbonyl (C=O) groups excluding carboxylic acids is 1. The number of carbonyl (C=O) groups is 1. The zero-order valence-corrected chi connectivity index (χ0v) is 20.4. The van der Waals surface area contributed by atoms with E-state index in [2.05, 4.69) is 10.4 Å². The molecule has 1 amide bonds. The van der Waals surface area contributed by atoms with Crippen LogP contribution in [0.15, 0.2) is 66.9 Å². The van der Waals surface area contributed by atoms with Gasteiger partial charge in [-0.3, -0.25) is 14.9 Å². The van der Waals surface area contributed by atoms with E-state index in [1.807, 2.05) is 64.1 Å². The molecule has 1 aromatic heterocycles. The predicted molar refractivity (Wildman–Crippen MR) is 136 cm³/mol. The van der Waals surface area contributed by atoms with E-state index in [0.717, 1.165) is 28.0 Å². The van der Waals surface area contributed by atoms with Crippen LogP contribution in [0.1, 0.15) is 32.7 Å². The van der Waals surface area contributed by atoms with Crippen molar-refractivity contribution in [3.8, 4) is 17.2 Å². The number of hydrogen-bond donors (Lipinski definition) is 1. The van der Waals surface area contributed by atoms with Crippen LogP contribution in [-0.2, 0) is 6.73 Å². The van der Waals surface area contributed by atoms with Gasteiger partial charge in [-0.15, -0.1) is 0 Å². The molecular weight excluding hydrogens is 460 g/mol. The highest BCUT2D eigenvalue weighted by Gasteiger charge is 2.16. The van der Waals surface area contributed by atoms with Crippen LogP contribution >= 0.6 is 0 Å². The fourth-order valence-electron chi connectivity index (χ4n) is 3.79. The number of nitro benzene ring substituents is 1. The molecule has 4 rings (SSSR count). The maximum absolute atomic E-state index is 12.8. The monoisotopic (exact) mass is 486 g/mol. The van der Waals surface area contributed by atoms with Gasteiger partial charge in [0, 0.05) is 18.3 Å². The standard InChI is InChI=1S/C27H26N4O5/c1-17-5-6-26(20(4)10-17)35-16-30-8-7-25(29-30)27(32)28-21-13-22(31(33)34)15-24(14-21)36-23-11-18(2)9-19(3)12-23/h5-15H,16H2,1-4H3,(H,28,32). The number of aryl methyl sites for hydroxylation is 4. The third-order valence-corrected chi connectivity index (χ3v) is 5.35. The Morgan fingerprint density at radius 1 is 0.944 bits per heavy atom. The van der Waals surface area contributed by atoms with Crippen molar-refractivity contribution in [3.05, 3.63) is 105 Å². The molecule has 0 unspecified atom stereocenters. The number of amides is 1. The highest BCUT2D eigenvalue weighted by molar-refractivity contribution is 6.03. The lowest BCUT2D eigenvalue weighted by atomic mass is 10.1. The Bertz CT molecular complexity index is 1420. The summed E-state index contributed by atoms with van der Waals surface area (Å²) in [6, 6.07) is 17.2. The molecule has 9 nitrogen and oxygen atoms in total. The molecule has 0 aliphatic rings. The molecule has 0 saturated heterocycles. The van der Waals surface area contributed by atoms with E-state index in [0.29, 0.717) is 5.75 Å². The van der Waals surface area contributed by atoms with Crippen LogP contribution in [0.25, 0.3) is 0 Å². The van der Waals surface area contributed by atoms with Gasteiger partial charge >= 0.3 is 0 Å². The molecule has 1 N–H and O–H groups in total. The van der Waals surface area contributed by atoms with Crippen molar-refractivity contribution in [2.45, 2.75) is 34.4 Å². The van der Waals surface area contributed by atoms with Crippen molar-refractivity contribution in [2.24, 2.45) is 0 Å². The van der Waals surface area contributed by atoms with E-state index >= 15 is 0 Å². The van der Waals surface area contributed by atoms with E-state index in [-0.39, 0.29) is 29.5 Å². The van der Waals surface area contributed by atoms with Crippen LogP contribution in [0.4, 0.5) is 11.4 Å². The van der Waals surface area contributed by atoms with Gasteiger partial charge in [-0.2, -0.15) is 5.10 Å². The highest BCUT2D eigenvalue weighted by Crippen LogP contribution is 2.31. The molecule has 9 heteroatoms. The third kappa shape index (κ3) is 6.06. The molecule has 0 fully saturated rings. The molecule has 0 spiro atoms. The predicted octanol–water partition coefficient (Wildman–Crippen LogP) is 6.11. The minimum Gasteiger partial charge on any atom is -0.471 e. The normalized spacial score (nSPS) is 10.7. The van der Waals surface area contributed by atoms with Gasteiger partial charge in [0.05, 0.1) is 16.7 Å². The molecule has 0 aliphatic heterocycles. The first-order chi connectivity index (χ1) is 17.2. The highest BCUT2D eigenvalue weighted by atomic mass is 16.6. The summed E-state index contributed by atoms with van der Waals surface area (Å²) >= 11 is 0. The average Bonchev–Trinajstić information content (AvgIpc) is 3.27. The Kier molecular flexibility index (Phi) is 7.00. The van der Waals surface area contributed by atoms with Gasteiger partial charge in [0.25, 0.3) is 11.6 Å². The first-order valence-corrected chi connectivity index (χ1v) is 11.3. The van der Waals surface area contributed by atoms with Crippen molar-refractivity contribution < 1.29 is 19.2 Å². The second-order valence-corrected chi connectivity index (χ2v) is 8.64. The zero-order chi connectivity index (χ0) is 25.8. The van der Waals surface area contributed by atoms with E-state index in [4.69, 9.17) is 9.47 Å². The van der Waals surface area contributed by atoms with E-state index in [9.17, 15) is 14.9 Å². The lowest BCUT2D eigenvalue weighted by Crippen LogP contribution is -2.14. The number of nitrogens with zero attached hydrogens (tertiary/aromatic N) is 3. The summed E-state index contributed by atoms with van der Waals surface area (Å²) in [7, 11) is 0. The fourth-order valence-corrected chi connectivity index (χ4v) is 3.79. The molecule has 0 radical (unpaired) electrons. The minimum absolute atomic E-state index is 0.127. The van der Waals surface area contributed by atoms with Crippen LogP contribution in [0.5, 0.6) is 17.2 Å². The fraction of sp³-hybridized carbons (Fsp3) is 0.185. The first kappa shape index (κ1) is 24.5. The number of ether oxygens (including phenoxy) is 2. The van der Waals surface area contributed by atoms with Crippen molar-refractivity contribution in [2.75, 3.05) is 5.32 Å². The maximum atomic E-state index is 12.8. The van der Waals surface area contributed by atoms with E-state index in [1.54, 1.807) is 12.3 Å². The Labute approximate surface area is 208 Å². The van der Waals surface area contributed by atoms with E-state index < -0.39 is 10.8 Å². The molecule has 0 aliphatic carbocycles. The SMILES string of the molecule is Cc1cc(C)cc(Oc2cc(NC(=O)c3ccn(COc4ccc(C)cc4C)n3)cc([N+](=O)[O-])c2)c1. The zero-order valence-electron chi connectivity index (χ0n) is 20.4. The van der Waals surface area contributed by atoms with Gasteiger partial charge in [0.15, 0.2) is 12.4 Å². The van der Waals surface area contributed by atoms with Gasteiger partial charge in [0.2, 0.25) is 0 Å². The molecule has 0 saturated carbocycles. The van der Waals surface area contributed by atoms with Gasteiger partial charge < -0.3 is 14.8 Å². The van der Waals surface area contributed by atoms with Crippen LogP contribution in [0.2, 0.25) is 0 Å². The smallest absolute Gasteiger partial charge is 0.276 e. The second kappa shape index (κ2) is 10.3. The Morgan fingerprint density at radius 3 is 2.36 bits per heavy atom. The number of non-ortho nitro benzene ring substituents is 1. The number of benzene rings is 3. The number of hydrogen-bond acceptors (Lipinski definition) is 6. The van der Waals surface area contributed by atoms with Crippen molar-refractivity contribution in [1.82, 2.24) is 9.78 Å². The first-order valence-electron chi connectivity index (χ1n) is 11.3. The van der Waals surface area contributed by atoms with Crippen molar-refractivity contribution >= 4 is 17.3 Å². The molecule has 4 aromatic rings. The summed E-state index contributed by atoms with van der Waals surface area (Å²) in [5.74, 6) is 0.998. The minimum atomic E-state index is -0.539. The van der Waals surface area contributed by atoms with E-state index in [1.165, 1.54) is 22.9 Å². The second-order valence-electron chi connectivity index (χ2n) is 8.64. The third-order valence-electron chi connectivity index (χ3n) is 5.35. The summed E-state index contributed by atoms with van der Waals surface area (Å²) in [6.07, 6.45) is 1.63. The Balaban J connectivity index is 1.48. The molecule has 0 bridgehead atoms. The summed E-state index contributed by atoms with van der Waals surface area (Å²) in [5.41, 5.74) is 4.30. The largest absolute Gasteiger partial charge is 0.471 e. The Hall–Kier alpha value is -4.66. The van der Waals surface area contributed by atoms with Gasteiger partial charge in [-0.1, -0.05) is 23.8 Å². The van der Waals surface area contributed by atoms with Crippen LogP contribution in [-0.4, -0.2) is 20.6 Å². The molecule has 36 heavy (non-hydrogen) atoms.